The highest BCUT2D eigenvalue weighted by Crippen LogP contribution is 2.54. The van der Waals surface area contributed by atoms with Crippen LogP contribution in [0.3, 0.4) is 0 Å². The molecule has 2 heterocycles. The number of anilines is 1. The molecule has 0 unspecified atom stereocenters. The number of hydrogen-bond donors (Lipinski definition) is 1. The summed E-state index contributed by atoms with van der Waals surface area (Å²) in [5, 5.41) is 2.86. The van der Waals surface area contributed by atoms with Crippen molar-refractivity contribution in [1.82, 2.24) is 10.3 Å². The van der Waals surface area contributed by atoms with Gasteiger partial charge in [-0.3, -0.25) is 14.6 Å². The molecular formula is C21H22FN3O2. The Bertz CT molecular complexity index is 873. The third-order valence-corrected chi connectivity index (χ3v) is 5.30. The Morgan fingerprint density at radius 1 is 1.33 bits per heavy atom. The standard InChI is InChI=1S/C21H20FN3O2.H2/c22-15-4-6-16(7-5-15)25-13-18-17(20(18)21(25)27)9-11-24-19(26)8-3-14-2-1-10-23-12-14;/h1-8,10,12,17-18,20H,9,11,13H2,(H,24,26);1H/b8-3+;/t17-,18-,20+;/m1./s1. The molecule has 1 saturated carbocycles. The molecule has 4 rings (SSSR count). The molecule has 2 amide bonds. The fourth-order valence-corrected chi connectivity index (χ4v) is 3.86. The van der Waals surface area contributed by atoms with Crippen molar-refractivity contribution in [1.29, 1.82) is 0 Å². The van der Waals surface area contributed by atoms with Gasteiger partial charge in [-0.05, 0) is 60.2 Å². The van der Waals surface area contributed by atoms with Gasteiger partial charge in [-0.25, -0.2) is 4.39 Å². The lowest BCUT2D eigenvalue weighted by atomic mass is 10.1. The molecule has 1 N–H and O–H groups in total. The molecule has 0 bridgehead atoms. The summed E-state index contributed by atoms with van der Waals surface area (Å²) >= 11 is 0. The van der Waals surface area contributed by atoms with Crippen LogP contribution in [0.4, 0.5) is 10.1 Å². The molecule has 140 valence electrons. The summed E-state index contributed by atoms with van der Waals surface area (Å²) in [4.78, 5) is 30.1. The van der Waals surface area contributed by atoms with Gasteiger partial charge in [-0.2, -0.15) is 0 Å². The SMILES string of the molecule is O=C(/C=C/c1cccnc1)NCC[C@@H]1[C@H]2CN(c3ccc(F)cc3)C(=O)[C@@H]12.[HH]. The van der Waals surface area contributed by atoms with Crippen LogP contribution in [0.2, 0.25) is 0 Å². The molecule has 3 atom stereocenters. The number of hydrogen-bond acceptors (Lipinski definition) is 3. The van der Waals surface area contributed by atoms with Crippen molar-refractivity contribution < 1.29 is 15.4 Å². The molecule has 0 radical (unpaired) electrons. The normalized spacial score (nSPS) is 23.5. The second-order valence-corrected chi connectivity index (χ2v) is 6.98. The molecule has 2 aliphatic rings. The summed E-state index contributed by atoms with van der Waals surface area (Å²) in [5.74, 6) is 0.366. The van der Waals surface area contributed by atoms with Crippen LogP contribution in [0.15, 0.2) is 54.9 Å². The molecule has 1 saturated heterocycles. The lowest BCUT2D eigenvalue weighted by Crippen LogP contribution is -2.30. The molecular weight excluding hydrogens is 345 g/mol. The molecule has 5 nitrogen and oxygen atoms in total. The number of pyridine rings is 1. The zero-order valence-electron chi connectivity index (χ0n) is 14.7. The van der Waals surface area contributed by atoms with E-state index in [2.05, 4.69) is 10.3 Å². The van der Waals surface area contributed by atoms with Crippen molar-refractivity contribution in [2.24, 2.45) is 17.8 Å². The van der Waals surface area contributed by atoms with Gasteiger partial charge in [0.2, 0.25) is 11.8 Å². The highest BCUT2D eigenvalue weighted by atomic mass is 19.1. The molecule has 1 aliphatic carbocycles. The predicted molar refractivity (Wildman–Crippen MR) is 102 cm³/mol. The lowest BCUT2D eigenvalue weighted by Gasteiger charge is -2.20. The number of nitrogens with zero attached hydrogens (tertiary/aromatic N) is 2. The minimum Gasteiger partial charge on any atom is -0.353 e. The first kappa shape index (κ1) is 17.4. The van der Waals surface area contributed by atoms with Crippen molar-refractivity contribution in [2.75, 3.05) is 18.0 Å². The second kappa shape index (κ2) is 7.31. The van der Waals surface area contributed by atoms with Crippen LogP contribution in [-0.2, 0) is 9.59 Å². The van der Waals surface area contributed by atoms with Gasteiger partial charge in [0, 0.05) is 44.6 Å². The fourth-order valence-electron chi connectivity index (χ4n) is 3.86. The van der Waals surface area contributed by atoms with Gasteiger partial charge in [0.25, 0.3) is 0 Å². The highest BCUT2D eigenvalue weighted by molar-refractivity contribution is 6.00. The van der Waals surface area contributed by atoms with Gasteiger partial charge in [0.05, 0.1) is 0 Å². The van der Waals surface area contributed by atoms with Crippen LogP contribution in [0.1, 0.15) is 13.4 Å². The van der Waals surface area contributed by atoms with E-state index in [-0.39, 0.29) is 25.0 Å². The van der Waals surface area contributed by atoms with E-state index in [0.717, 1.165) is 17.7 Å². The van der Waals surface area contributed by atoms with Crippen LogP contribution in [0.25, 0.3) is 6.08 Å². The molecule has 0 spiro atoms. The monoisotopic (exact) mass is 367 g/mol. The average Bonchev–Trinajstić information content (AvgIpc) is 3.26. The van der Waals surface area contributed by atoms with Gasteiger partial charge in [0.1, 0.15) is 5.82 Å². The first-order valence-corrected chi connectivity index (χ1v) is 9.06. The average molecular weight is 367 g/mol. The Hall–Kier alpha value is -3.02. The molecule has 6 heteroatoms. The van der Waals surface area contributed by atoms with E-state index in [4.69, 9.17) is 0 Å². The number of nitrogens with one attached hydrogen (secondary N) is 1. The summed E-state index contributed by atoms with van der Waals surface area (Å²) in [6.45, 7) is 1.23. The maximum atomic E-state index is 13.0. The Morgan fingerprint density at radius 3 is 2.81 bits per heavy atom. The van der Waals surface area contributed by atoms with E-state index in [0.29, 0.717) is 24.9 Å². The number of aromatic nitrogens is 1. The topological polar surface area (TPSA) is 62.3 Å². The van der Waals surface area contributed by atoms with Crippen LogP contribution >= 0.6 is 0 Å². The van der Waals surface area contributed by atoms with Gasteiger partial charge >= 0.3 is 0 Å². The summed E-state index contributed by atoms with van der Waals surface area (Å²) in [7, 11) is 0. The Balaban J connectivity index is 0.00000225. The number of benzene rings is 1. The molecule has 2 aromatic rings. The van der Waals surface area contributed by atoms with Crippen molar-refractivity contribution >= 4 is 23.6 Å². The number of amides is 2. The number of piperidine rings is 1. The number of halogens is 1. The minimum atomic E-state index is -0.304. The minimum absolute atomic E-state index is 0. The summed E-state index contributed by atoms with van der Waals surface area (Å²) in [6.07, 6.45) is 7.38. The Morgan fingerprint density at radius 2 is 2.15 bits per heavy atom. The van der Waals surface area contributed by atoms with E-state index in [1.165, 1.54) is 18.2 Å². The first-order valence-electron chi connectivity index (χ1n) is 9.06. The Kier molecular flexibility index (Phi) is 4.71. The third kappa shape index (κ3) is 3.74. The molecule has 1 aromatic heterocycles. The van der Waals surface area contributed by atoms with Crippen molar-refractivity contribution in [3.05, 3.63) is 66.2 Å². The van der Waals surface area contributed by atoms with E-state index < -0.39 is 0 Å². The molecule has 27 heavy (non-hydrogen) atoms. The van der Waals surface area contributed by atoms with E-state index >= 15 is 0 Å². The van der Waals surface area contributed by atoms with E-state index in [9.17, 15) is 14.0 Å². The third-order valence-electron chi connectivity index (χ3n) is 5.30. The van der Waals surface area contributed by atoms with Gasteiger partial charge < -0.3 is 10.2 Å². The number of carbonyl (C=O) groups is 2. The maximum absolute atomic E-state index is 13.0. The zero-order valence-corrected chi connectivity index (χ0v) is 14.7. The zero-order chi connectivity index (χ0) is 18.8. The lowest BCUT2D eigenvalue weighted by molar-refractivity contribution is -0.119. The van der Waals surface area contributed by atoms with Crippen molar-refractivity contribution in [3.63, 3.8) is 0 Å². The quantitative estimate of drug-likeness (QED) is 0.799. The van der Waals surface area contributed by atoms with Crippen LogP contribution in [-0.4, -0.2) is 29.9 Å². The molecule has 1 aromatic carbocycles. The van der Waals surface area contributed by atoms with Gasteiger partial charge in [0.15, 0.2) is 0 Å². The van der Waals surface area contributed by atoms with Gasteiger partial charge in [-0.1, -0.05) is 6.07 Å². The molecule has 1 aliphatic heterocycles. The van der Waals surface area contributed by atoms with Crippen molar-refractivity contribution in [3.8, 4) is 0 Å². The van der Waals surface area contributed by atoms with E-state index in [1.807, 2.05) is 12.1 Å². The predicted octanol–water partition coefficient (Wildman–Crippen LogP) is 2.90. The van der Waals surface area contributed by atoms with E-state index in [1.54, 1.807) is 35.5 Å². The number of rotatable bonds is 6. The first-order chi connectivity index (χ1) is 13.1. The second-order valence-electron chi connectivity index (χ2n) is 6.98. The van der Waals surface area contributed by atoms with Crippen LogP contribution in [0, 0.1) is 23.6 Å². The maximum Gasteiger partial charge on any atom is 0.244 e. The largest absolute Gasteiger partial charge is 0.353 e. The van der Waals surface area contributed by atoms with Crippen LogP contribution in [0.5, 0.6) is 0 Å². The fraction of sp³-hybridized carbons (Fsp3) is 0.286. The summed E-state index contributed by atoms with van der Waals surface area (Å²) in [6, 6.07) is 9.72. The Labute approximate surface area is 158 Å². The summed E-state index contributed by atoms with van der Waals surface area (Å²) < 4.78 is 13.0. The number of carbonyl (C=O) groups excluding carboxylic acids is 2. The van der Waals surface area contributed by atoms with Crippen LogP contribution < -0.4 is 10.2 Å². The molecule has 2 fully saturated rings. The highest BCUT2D eigenvalue weighted by Gasteiger charge is 2.60. The summed E-state index contributed by atoms with van der Waals surface area (Å²) in [5.41, 5.74) is 1.62. The number of fused-ring (bicyclic) bond motifs is 1. The van der Waals surface area contributed by atoms with Gasteiger partial charge in [-0.15, -0.1) is 0 Å². The smallest absolute Gasteiger partial charge is 0.244 e. The van der Waals surface area contributed by atoms with Crippen molar-refractivity contribution in [2.45, 2.75) is 6.42 Å².